The van der Waals surface area contributed by atoms with Crippen molar-refractivity contribution in [1.29, 1.82) is 0 Å². The van der Waals surface area contributed by atoms with E-state index in [1.54, 1.807) is 23.9 Å². The summed E-state index contributed by atoms with van der Waals surface area (Å²) < 4.78 is 14.0. The molecule has 3 nitrogen and oxygen atoms in total. The molecule has 0 saturated carbocycles. The zero-order valence-electron chi connectivity index (χ0n) is 10.6. The van der Waals surface area contributed by atoms with Gasteiger partial charge in [-0.3, -0.25) is 4.99 Å². The first-order valence-electron chi connectivity index (χ1n) is 5.95. The molecule has 1 aromatic carbocycles. The number of halogens is 1. The Labute approximate surface area is 111 Å². The van der Waals surface area contributed by atoms with E-state index in [1.165, 1.54) is 6.07 Å². The molecule has 98 valence electrons. The molecule has 5 heteroatoms. The predicted molar refractivity (Wildman–Crippen MR) is 76.3 cm³/mol. The van der Waals surface area contributed by atoms with Crippen LogP contribution in [0, 0.1) is 5.82 Å². The molecule has 1 unspecified atom stereocenters. The van der Waals surface area contributed by atoms with Crippen LogP contribution in [-0.4, -0.2) is 16.8 Å². The van der Waals surface area contributed by atoms with Crippen LogP contribution in [0.3, 0.4) is 0 Å². The molecule has 0 fully saturated rings. The molecule has 0 aliphatic carbocycles. The lowest BCUT2D eigenvalue weighted by molar-refractivity contribution is 0.453. The summed E-state index contributed by atoms with van der Waals surface area (Å²) >= 11 is 1.74. The Hall–Kier alpha value is -1.23. The third-order valence-electron chi connectivity index (χ3n) is 3.32. The molecule has 1 aliphatic heterocycles. The molecule has 2 rings (SSSR count). The van der Waals surface area contributed by atoms with E-state index in [9.17, 15) is 4.39 Å². The van der Waals surface area contributed by atoms with Crippen LogP contribution in [0.4, 0.5) is 10.1 Å². The van der Waals surface area contributed by atoms with Gasteiger partial charge in [-0.15, -0.1) is 0 Å². The van der Waals surface area contributed by atoms with Gasteiger partial charge in [-0.1, -0.05) is 0 Å². The van der Waals surface area contributed by atoms with Gasteiger partial charge in [-0.25, -0.2) is 4.39 Å². The SMILES string of the molecule is CC1SCC[C@@](C)(c2cc(N)ccc2F)N=C1N. The van der Waals surface area contributed by atoms with Crippen LogP contribution in [-0.2, 0) is 5.54 Å². The summed E-state index contributed by atoms with van der Waals surface area (Å²) in [6, 6.07) is 4.61. The second-order valence-corrected chi connectivity index (χ2v) is 6.26. The molecule has 0 amide bonds. The van der Waals surface area contributed by atoms with Crippen molar-refractivity contribution in [2.24, 2.45) is 10.7 Å². The highest BCUT2D eigenvalue weighted by molar-refractivity contribution is 8.00. The minimum absolute atomic E-state index is 0.177. The van der Waals surface area contributed by atoms with Gasteiger partial charge in [0.25, 0.3) is 0 Å². The maximum atomic E-state index is 14.0. The molecule has 1 aromatic rings. The van der Waals surface area contributed by atoms with Gasteiger partial charge in [0.05, 0.1) is 10.8 Å². The number of hydrogen-bond donors (Lipinski definition) is 2. The van der Waals surface area contributed by atoms with Crippen molar-refractivity contribution in [2.75, 3.05) is 11.5 Å². The van der Waals surface area contributed by atoms with E-state index in [0.717, 1.165) is 12.2 Å². The molecule has 0 bridgehead atoms. The second-order valence-electron chi connectivity index (χ2n) is 4.81. The molecule has 2 atom stereocenters. The van der Waals surface area contributed by atoms with Gasteiger partial charge in [0, 0.05) is 11.3 Å². The van der Waals surface area contributed by atoms with E-state index in [0.29, 0.717) is 17.1 Å². The van der Waals surface area contributed by atoms with Crippen LogP contribution in [0.25, 0.3) is 0 Å². The van der Waals surface area contributed by atoms with Gasteiger partial charge < -0.3 is 11.5 Å². The highest BCUT2D eigenvalue weighted by atomic mass is 32.2. The molecule has 4 N–H and O–H groups in total. The van der Waals surface area contributed by atoms with Gasteiger partial charge in [0.1, 0.15) is 11.7 Å². The van der Waals surface area contributed by atoms with Gasteiger partial charge in [-0.05, 0) is 44.2 Å². The third-order valence-corrected chi connectivity index (χ3v) is 4.50. The number of thioether (sulfide) groups is 1. The Morgan fingerprint density at radius 3 is 2.89 bits per heavy atom. The molecule has 1 aliphatic rings. The normalized spacial score (nSPS) is 28.6. The first-order valence-corrected chi connectivity index (χ1v) is 6.99. The number of hydrogen-bond acceptors (Lipinski definition) is 4. The van der Waals surface area contributed by atoms with Crippen LogP contribution >= 0.6 is 11.8 Å². The number of anilines is 1. The number of nitrogens with zero attached hydrogens (tertiary/aromatic N) is 1. The lowest BCUT2D eigenvalue weighted by Crippen LogP contribution is -2.28. The minimum atomic E-state index is -0.624. The number of benzene rings is 1. The summed E-state index contributed by atoms with van der Waals surface area (Å²) in [7, 11) is 0. The molecule has 0 saturated heterocycles. The van der Waals surface area contributed by atoms with E-state index in [-0.39, 0.29) is 11.1 Å². The van der Waals surface area contributed by atoms with Crippen LogP contribution in [0.1, 0.15) is 25.8 Å². The van der Waals surface area contributed by atoms with Crippen molar-refractivity contribution in [3.8, 4) is 0 Å². The second kappa shape index (κ2) is 4.80. The Kier molecular flexibility index (Phi) is 3.52. The third kappa shape index (κ3) is 2.46. The maximum absolute atomic E-state index is 14.0. The molecule has 1 heterocycles. The maximum Gasteiger partial charge on any atom is 0.128 e. The standard InChI is InChI=1S/C13H18FN3S/c1-8-12(16)17-13(2,5-6-18-8)10-7-9(15)3-4-11(10)14/h3-4,7-8H,5-6,15H2,1-2H3,(H2,16,17)/t8?,13-/m0/s1. The largest absolute Gasteiger partial charge is 0.399 e. The summed E-state index contributed by atoms with van der Waals surface area (Å²) in [5.74, 6) is 1.19. The molecular formula is C13H18FN3S. The van der Waals surface area contributed by atoms with Gasteiger partial charge >= 0.3 is 0 Å². The van der Waals surface area contributed by atoms with Crippen molar-refractivity contribution >= 4 is 23.3 Å². The van der Waals surface area contributed by atoms with Crippen molar-refractivity contribution in [1.82, 2.24) is 0 Å². The Morgan fingerprint density at radius 1 is 1.44 bits per heavy atom. The van der Waals surface area contributed by atoms with Crippen LogP contribution in [0.2, 0.25) is 0 Å². The molecule has 0 spiro atoms. The number of rotatable bonds is 1. The summed E-state index contributed by atoms with van der Waals surface area (Å²) in [5, 5.41) is 0.177. The summed E-state index contributed by atoms with van der Waals surface area (Å²) in [6.07, 6.45) is 0.753. The van der Waals surface area contributed by atoms with E-state index in [4.69, 9.17) is 11.5 Å². The van der Waals surface area contributed by atoms with Gasteiger partial charge in [0.15, 0.2) is 0 Å². The highest BCUT2D eigenvalue weighted by Gasteiger charge is 2.32. The van der Waals surface area contributed by atoms with Crippen LogP contribution < -0.4 is 11.5 Å². The lowest BCUT2D eigenvalue weighted by atomic mass is 9.89. The fourth-order valence-electron chi connectivity index (χ4n) is 2.10. The average Bonchev–Trinajstić information content (AvgIpc) is 2.43. The zero-order chi connectivity index (χ0) is 13.3. The van der Waals surface area contributed by atoms with Crippen molar-refractivity contribution < 1.29 is 4.39 Å². The fourth-order valence-corrected chi connectivity index (χ4v) is 3.19. The number of amidine groups is 1. The fraction of sp³-hybridized carbons (Fsp3) is 0.462. The first kappa shape index (κ1) is 13.2. The van der Waals surface area contributed by atoms with E-state index < -0.39 is 5.54 Å². The first-order chi connectivity index (χ1) is 8.42. The molecule has 0 aromatic heterocycles. The summed E-state index contributed by atoms with van der Waals surface area (Å²) in [4.78, 5) is 4.54. The minimum Gasteiger partial charge on any atom is -0.399 e. The average molecular weight is 267 g/mol. The van der Waals surface area contributed by atoms with Gasteiger partial charge in [0.2, 0.25) is 0 Å². The lowest BCUT2D eigenvalue weighted by Gasteiger charge is -2.25. The van der Waals surface area contributed by atoms with Crippen molar-refractivity contribution in [3.63, 3.8) is 0 Å². The smallest absolute Gasteiger partial charge is 0.128 e. The molecule has 0 radical (unpaired) electrons. The summed E-state index contributed by atoms with van der Waals surface area (Å²) in [5.41, 5.74) is 12.1. The molecule has 18 heavy (non-hydrogen) atoms. The van der Waals surface area contributed by atoms with Crippen molar-refractivity contribution in [3.05, 3.63) is 29.6 Å². The van der Waals surface area contributed by atoms with Crippen LogP contribution in [0.15, 0.2) is 23.2 Å². The van der Waals surface area contributed by atoms with Crippen molar-refractivity contribution in [2.45, 2.75) is 31.1 Å². The number of nitrogen functional groups attached to an aromatic ring is 1. The summed E-state index contributed by atoms with van der Waals surface area (Å²) in [6.45, 7) is 3.93. The van der Waals surface area contributed by atoms with E-state index >= 15 is 0 Å². The Morgan fingerprint density at radius 2 is 2.17 bits per heavy atom. The zero-order valence-corrected chi connectivity index (χ0v) is 11.4. The Balaban J connectivity index is 2.49. The monoisotopic (exact) mass is 267 g/mol. The van der Waals surface area contributed by atoms with E-state index in [1.807, 2.05) is 13.8 Å². The number of aliphatic imine (C=N–C) groups is 1. The highest BCUT2D eigenvalue weighted by Crippen LogP contribution is 2.36. The Bertz CT molecular complexity index is 489. The predicted octanol–water partition coefficient (Wildman–Crippen LogP) is 2.51. The topological polar surface area (TPSA) is 64.4 Å². The molecular weight excluding hydrogens is 249 g/mol. The van der Waals surface area contributed by atoms with Gasteiger partial charge in [-0.2, -0.15) is 11.8 Å². The van der Waals surface area contributed by atoms with E-state index in [2.05, 4.69) is 4.99 Å². The number of nitrogens with two attached hydrogens (primary N) is 2. The van der Waals surface area contributed by atoms with Crippen LogP contribution in [0.5, 0.6) is 0 Å². The quantitative estimate of drug-likeness (QED) is 0.768.